The van der Waals surface area contributed by atoms with Crippen LogP contribution in [-0.2, 0) is 14.4 Å². The van der Waals surface area contributed by atoms with Gasteiger partial charge >= 0.3 is 0 Å². The Bertz CT molecular complexity index is 1180. The van der Waals surface area contributed by atoms with E-state index < -0.39 is 41.5 Å². The van der Waals surface area contributed by atoms with Crippen LogP contribution in [0.4, 0.5) is 10.1 Å². The maximum atomic E-state index is 14.9. The summed E-state index contributed by atoms with van der Waals surface area (Å²) in [5.41, 5.74) is 6.95. The second-order valence-corrected chi connectivity index (χ2v) is 9.90. The van der Waals surface area contributed by atoms with Gasteiger partial charge in [0, 0.05) is 35.0 Å². The highest BCUT2D eigenvalue weighted by Crippen LogP contribution is 2.31. The van der Waals surface area contributed by atoms with E-state index in [2.05, 4.69) is 10.3 Å². The van der Waals surface area contributed by atoms with Crippen molar-refractivity contribution in [3.05, 3.63) is 64.4 Å². The van der Waals surface area contributed by atoms with Crippen molar-refractivity contribution in [2.75, 3.05) is 11.9 Å². The number of hydrogen-bond donors (Lipinski definition) is 2. The molecular weight excluding hydrogens is 483 g/mol. The molecule has 0 bridgehead atoms. The highest BCUT2D eigenvalue weighted by Gasteiger charge is 2.37. The van der Waals surface area contributed by atoms with Crippen molar-refractivity contribution in [2.45, 2.75) is 46.2 Å². The molecule has 0 fully saturated rings. The van der Waals surface area contributed by atoms with Gasteiger partial charge in [0.25, 0.3) is 5.91 Å². The average Bonchev–Trinajstić information content (AvgIpc) is 2.91. The minimum Gasteiger partial charge on any atom is -0.369 e. The number of nitrogens with one attached hydrogen (secondary N) is 1. The van der Waals surface area contributed by atoms with Crippen LogP contribution < -0.4 is 16.0 Å². The van der Waals surface area contributed by atoms with Crippen molar-refractivity contribution in [3.63, 3.8) is 0 Å². The Morgan fingerprint density at radius 1 is 1.17 bits per heavy atom. The van der Waals surface area contributed by atoms with E-state index in [9.17, 15) is 18.8 Å². The highest BCUT2D eigenvalue weighted by molar-refractivity contribution is 6.32. The van der Waals surface area contributed by atoms with E-state index in [1.807, 2.05) is 20.8 Å². The molecule has 3 atom stereocenters. The lowest BCUT2D eigenvalue weighted by Gasteiger charge is -2.27. The zero-order valence-electron chi connectivity index (χ0n) is 20.9. The predicted molar refractivity (Wildman–Crippen MR) is 139 cm³/mol. The smallest absolute Gasteiger partial charge is 0.272 e. The fourth-order valence-electron chi connectivity index (χ4n) is 4.56. The van der Waals surface area contributed by atoms with Gasteiger partial charge in [0.2, 0.25) is 18.0 Å². The molecule has 3 amide bonds. The molecule has 0 spiro atoms. The van der Waals surface area contributed by atoms with Gasteiger partial charge in [-0.15, -0.1) is 0 Å². The molecule has 0 radical (unpaired) electrons. The van der Waals surface area contributed by atoms with Gasteiger partial charge in [-0.05, 0) is 49.1 Å². The molecule has 3 rings (SSSR count). The van der Waals surface area contributed by atoms with E-state index in [1.54, 1.807) is 43.4 Å². The van der Waals surface area contributed by atoms with E-state index in [4.69, 9.17) is 17.3 Å². The zero-order valence-corrected chi connectivity index (χ0v) is 21.7. The Labute approximate surface area is 215 Å². The molecule has 9 heteroatoms. The Balaban J connectivity index is 2.10. The number of primary amides is 1. The topological polar surface area (TPSA) is 105 Å². The van der Waals surface area contributed by atoms with Crippen LogP contribution in [0.3, 0.4) is 0 Å². The number of amides is 3. The Morgan fingerprint density at radius 3 is 2.47 bits per heavy atom. The van der Waals surface area contributed by atoms with Crippen molar-refractivity contribution in [1.82, 2.24) is 5.32 Å². The fourth-order valence-corrected chi connectivity index (χ4v) is 4.74. The number of halogens is 2. The van der Waals surface area contributed by atoms with Gasteiger partial charge in [-0.2, -0.15) is 0 Å². The number of hydrogen-bond acceptors (Lipinski definition) is 4. The van der Waals surface area contributed by atoms with Crippen molar-refractivity contribution in [3.8, 4) is 0 Å². The lowest BCUT2D eigenvalue weighted by Crippen LogP contribution is -2.50. The highest BCUT2D eigenvalue weighted by atomic mass is 35.5. The van der Waals surface area contributed by atoms with Crippen molar-refractivity contribution in [2.24, 2.45) is 28.5 Å². The quantitative estimate of drug-likeness (QED) is 0.521. The SMILES string of the molecule is CCC[C@H](C(N)=O)[C@@H](CC(C)C)C(=O)N[C@H]1N=C(c2ccccc2F)c2cc(Cl)ccc2N(C)C1=O. The summed E-state index contributed by atoms with van der Waals surface area (Å²) in [4.78, 5) is 45.1. The molecule has 192 valence electrons. The number of carbonyl (C=O) groups excluding carboxylic acids is 3. The average molecular weight is 515 g/mol. The standard InChI is InChI=1S/C27H32ClFN4O3/c1-5-8-17(24(30)34)19(13-15(2)3)26(35)32-25-27(36)33(4)22-12-11-16(28)14-20(22)23(31-25)18-9-6-7-10-21(18)29/h6-7,9-12,14-15,17,19,25H,5,8,13H2,1-4H3,(H2,30,34)(H,32,35)/t17-,19+,25+/m0/s1. The van der Waals surface area contributed by atoms with Crippen LogP contribution in [0.15, 0.2) is 47.5 Å². The minimum absolute atomic E-state index is 0.107. The lowest BCUT2D eigenvalue weighted by atomic mass is 9.81. The van der Waals surface area contributed by atoms with Gasteiger partial charge in [0.1, 0.15) is 5.82 Å². The number of nitrogens with zero attached hydrogens (tertiary/aromatic N) is 2. The number of fused-ring (bicyclic) bond motifs is 1. The molecule has 0 aromatic heterocycles. The first-order chi connectivity index (χ1) is 17.0. The third kappa shape index (κ3) is 5.93. The molecule has 36 heavy (non-hydrogen) atoms. The number of rotatable bonds is 9. The Morgan fingerprint density at radius 2 is 1.86 bits per heavy atom. The van der Waals surface area contributed by atoms with E-state index in [1.165, 1.54) is 11.0 Å². The van der Waals surface area contributed by atoms with E-state index in [-0.39, 0.29) is 17.2 Å². The molecule has 0 unspecified atom stereocenters. The summed E-state index contributed by atoms with van der Waals surface area (Å²) in [5.74, 6) is -3.38. The van der Waals surface area contributed by atoms with Gasteiger partial charge in [-0.3, -0.25) is 14.4 Å². The number of nitrogens with two attached hydrogens (primary N) is 1. The Hall–Kier alpha value is -3.26. The number of carbonyl (C=O) groups is 3. The third-order valence-electron chi connectivity index (χ3n) is 6.32. The molecule has 2 aromatic rings. The second-order valence-electron chi connectivity index (χ2n) is 9.46. The summed E-state index contributed by atoms with van der Waals surface area (Å²) in [5, 5.41) is 3.12. The van der Waals surface area contributed by atoms with E-state index in [0.717, 1.165) is 0 Å². The van der Waals surface area contributed by atoms with Gasteiger partial charge in [0.15, 0.2) is 0 Å². The van der Waals surface area contributed by atoms with Crippen LogP contribution in [-0.4, -0.2) is 36.6 Å². The van der Waals surface area contributed by atoms with Crippen LogP contribution in [0, 0.1) is 23.6 Å². The van der Waals surface area contributed by atoms with Crippen molar-refractivity contribution < 1.29 is 18.8 Å². The lowest BCUT2D eigenvalue weighted by molar-refractivity contribution is -0.136. The number of likely N-dealkylation sites (N-methyl/N-ethyl adjacent to an activating group) is 1. The number of benzodiazepines with no additional fused rings is 1. The molecular formula is C27H32ClFN4O3. The molecule has 1 aliphatic rings. The summed E-state index contributed by atoms with van der Waals surface area (Å²) < 4.78 is 14.9. The number of anilines is 1. The maximum Gasteiger partial charge on any atom is 0.272 e. The Kier molecular flexibility index (Phi) is 8.84. The van der Waals surface area contributed by atoms with E-state index >= 15 is 0 Å². The molecule has 7 nitrogen and oxygen atoms in total. The first-order valence-electron chi connectivity index (χ1n) is 12.0. The summed E-state index contributed by atoms with van der Waals surface area (Å²) in [7, 11) is 1.56. The first-order valence-corrected chi connectivity index (χ1v) is 12.4. The van der Waals surface area contributed by atoms with Crippen LogP contribution >= 0.6 is 11.6 Å². The van der Waals surface area contributed by atoms with Gasteiger partial charge in [0.05, 0.1) is 11.4 Å². The van der Waals surface area contributed by atoms with Crippen LogP contribution in [0.5, 0.6) is 0 Å². The molecule has 0 saturated carbocycles. The summed E-state index contributed by atoms with van der Waals surface area (Å²) in [6.45, 7) is 5.81. The minimum atomic E-state index is -1.34. The maximum absolute atomic E-state index is 14.9. The normalized spacial score (nSPS) is 17.2. The first kappa shape index (κ1) is 27.3. The second kappa shape index (κ2) is 11.6. The van der Waals surface area contributed by atoms with Gasteiger partial charge < -0.3 is 16.0 Å². The number of benzene rings is 2. The largest absolute Gasteiger partial charge is 0.369 e. The zero-order chi connectivity index (χ0) is 26.6. The summed E-state index contributed by atoms with van der Waals surface area (Å²) >= 11 is 6.25. The van der Waals surface area contributed by atoms with Gasteiger partial charge in [-0.1, -0.05) is 50.9 Å². The fraction of sp³-hybridized carbons (Fsp3) is 0.407. The number of aliphatic imine (C=N–C) groups is 1. The van der Waals surface area contributed by atoms with Gasteiger partial charge in [-0.25, -0.2) is 9.38 Å². The molecule has 0 aliphatic carbocycles. The molecule has 0 saturated heterocycles. The molecule has 3 N–H and O–H groups in total. The van der Waals surface area contributed by atoms with Crippen LogP contribution in [0.25, 0.3) is 0 Å². The van der Waals surface area contributed by atoms with Crippen LogP contribution in [0.1, 0.15) is 51.2 Å². The monoisotopic (exact) mass is 514 g/mol. The van der Waals surface area contributed by atoms with E-state index in [0.29, 0.717) is 35.5 Å². The summed E-state index contributed by atoms with van der Waals surface area (Å²) in [6.07, 6.45) is 0.196. The van der Waals surface area contributed by atoms with Crippen LogP contribution in [0.2, 0.25) is 5.02 Å². The summed E-state index contributed by atoms with van der Waals surface area (Å²) in [6, 6.07) is 11.0. The van der Waals surface area contributed by atoms with Crippen molar-refractivity contribution in [1.29, 1.82) is 0 Å². The predicted octanol–water partition coefficient (Wildman–Crippen LogP) is 4.30. The van der Waals surface area contributed by atoms with Crippen molar-refractivity contribution >= 4 is 40.7 Å². The third-order valence-corrected chi connectivity index (χ3v) is 6.55. The molecule has 1 aliphatic heterocycles. The molecule has 2 aromatic carbocycles. The molecule has 1 heterocycles.